The average molecular weight is 253 g/mol. The van der Waals surface area contributed by atoms with Gasteiger partial charge in [-0.2, -0.15) is 0 Å². The fourth-order valence-electron chi connectivity index (χ4n) is 1.75. The lowest BCUT2D eigenvalue weighted by molar-refractivity contribution is 0.211. The van der Waals surface area contributed by atoms with Crippen LogP contribution < -0.4 is 5.73 Å². The normalized spacial score (nSPS) is 11.3. The van der Waals surface area contributed by atoms with E-state index >= 15 is 0 Å². The Morgan fingerprint density at radius 2 is 2.24 bits per heavy atom. The summed E-state index contributed by atoms with van der Waals surface area (Å²) in [7, 11) is 0. The Labute approximate surface area is 108 Å². The van der Waals surface area contributed by atoms with Crippen LogP contribution in [0.2, 0.25) is 0 Å². The van der Waals surface area contributed by atoms with Gasteiger partial charge in [-0.15, -0.1) is 11.3 Å². The van der Waals surface area contributed by atoms with Gasteiger partial charge in [-0.05, 0) is 44.7 Å². The van der Waals surface area contributed by atoms with Crippen LogP contribution in [0.5, 0.6) is 0 Å². The van der Waals surface area contributed by atoms with Gasteiger partial charge in [0.25, 0.3) is 0 Å². The first-order chi connectivity index (χ1) is 8.09. The summed E-state index contributed by atoms with van der Waals surface area (Å²) in [6.45, 7) is 6.59. The second-order valence-electron chi connectivity index (χ2n) is 4.63. The molecule has 0 unspecified atom stereocenters. The first-order valence-electron chi connectivity index (χ1n) is 6.19. The second-order valence-corrected chi connectivity index (χ2v) is 5.66. The number of nitrogens with zero attached hydrogens (tertiary/aromatic N) is 1. The molecule has 0 aromatic carbocycles. The smallest absolute Gasteiger partial charge is 0.0905 e. The molecule has 17 heavy (non-hydrogen) atoms. The topological polar surface area (TPSA) is 53.1 Å². The summed E-state index contributed by atoms with van der Waals surface area (Å²) in [5.74, 6) is 0.305. The molecule has 0 saturated carbocycles. The van der Waals surface area contributed by atoms with Crippen molar-refractivity contribution >= 4 is 17.2 Å². The van der Waals surface area contributed by atoms with E-state index in [0.29, 0.717) is 11.9 Å². The molecule has 0 spiro atoms. The Bertz CT molecular complexity index is 319. The van der Waals surface area contributed by atoms with Crippen molar-refractivity contribution in [1.82, 2.24) is 4.90 Å². The maximum atomic E-state index is 7.19. The zero-order valence-electron chi connectivity index (χ0n) is 10.8. The largest absolute Gasteiger partial charge is 0.388 e. The van der Waals surface area contributed by atoms with Crippen molar-refractivity contribution in [2.24, 2.45) is 5.73 Å². The molecule has 1 heterocycles. The summed E-state index contributed by atoms with van der Waals surface area (Å²) in [6, 6.07) is 4.86. The van der Waals surface area contributed by atoms with E-state index in [1.807, 2.05) is 11.3 Å². The Morgan fingerprint density at radius 3 is 2.76 bits per heavy atom. The lowest BCUT2D eigenvalue weighted by Gasteiger charge is -2.25. The van der Waals surface area contributed by atoms with Crippen LogP contribution in [0.15, 0.2) is 17.5 Å². The van der Waals surface area contributed by atoms with Gasteiger partial charge >= 0.3 is 0 Å². The molecule has 4 heteroatoms. The average Bonchev–Trinajstić information content (AvgIpc) is 2.74. The molecule has 0 aliphatic rings. The Morgan fingerprint density at radius 1 is 1.47 bits per heavy atom. The van der Waals surface area contributed by atoms with E-state index in [-0.39, 0.29) is 0 Å². The van der Waals surface area contributed by atoms with Crippen LogP contribution in [0.3, 0.4) is 0 Å². The highest BCUT2D eigenvalue weighted by Gasteiger charge is 2.10. The summed E-state index contributed by atoms with van der Waals surface area (Å²) < 4.78 is 0. The monoisotopic (exact) mass is 253 g/mol. The van der Waals surface area contributed by atoms with Gasteiger partial charge < -0.3 is 5.73 Å². The molecule has 1 rings (SSSR count). The van der Waals surface area contributed by atoms with Gasteiger partial charge in [-0.1, -0.05) is 6.07 Å². The highest BCUT2D eigenvalue weighted by Crippen LogP contribution is 2.14. The maximum Gasteiger partial charge on any atom is 0.0905 e. The lowest BCUT2D eigenvalue weighted by Crippen LogP contribution is -2.31. The van der Waals surface area contributed by atoms with Gasteiger partial charge in [0.1, 0.15) is 0 Å². The van der Waals surface area contributed by atoms with Crippen molar-refractivity contribution in [3.05, 3.63) is 22.4 Å². The Hall–Kier alpha value is -0.870. The van der Waals surface area contributed by atoms with E-state index in [1.165, 1.54) is 4.88 Å². The van der Waals surface area contributed by atoms with Gasteiger partial charge in [0, 0.05) is 23.9 Å². The third kappa shape index (κ3) is 5.84. The molecule has 0 bridgehead atoms. The minimum absolute atomic E-state index is 0.305. The van der Waals surface area contributed by atoms with Gasteiger partial charge in [0.2, 0.25) is 0 Å². The number of hydrogen-bond acceptors (Lipinski definition) is 3. The zero-order chi connectivity index (χ0) is 12.7. The molecule has 0 fully saturated rings. The molecule has 3 N–H and O–H groups in total. The minimum atomic E-state index is 0.305. The van der Waals surface area contributed by atoms with E-state index < -0.39 is 0 Å². The summed E-state index contributed by atoms with van der Waals surface area (Å²) >= 11 is 1.82. The minimum Gasteiger partial charge on any atom is -0.388 e. The fourth-order valence-corrected chi connectivity index (χ4v) is 2.48. The Kier molecular flexibility index (Phi) is 6.22. The summed E-state index contributed by atoms with van der Waals surface area (Å²) in [5.41, 5.74) is 5.35. The van der Waals surface area contributed by atoms with Crippen LogP contribution in [0.1, 0.15) is 38.0 Å². The Balaban J connectivity index is 2.31. The molecular formula is C13H23N3S. The quantitative estimate of drug-likeness (QED) is 0.425. The molecule has 0 aliphatic heterocycles. The molecule has 96 valence electrons. The van der Waals surface area contributed by atoms with Crippen molar-refractivity contribution < 1.29 is 0 Å². The standard InChI is InChI=1S/C13H23N3S/c1-11(2)16(8-4-3-7-13(14)15)10-12-6-5-9-17-12/h5-6,9,11H,3-4,7-8,10H2,1-2H3,(H3,14,15). The third-order valence-electron chi connectivity index (χ3n) is 2.81. The zero-order valence-corrected chi connectivity index (χ0v) is 11.6. The van der Waals surface area contributed by atoms with Crippen molar-refractivity contribution in [3.63, 3.8) is 0 Å². The SMILES string of the molecule is CC(C)N(CCCCC(=N)N)Cc1cccs1. The van der Waals surface area contributed by atoms with Crippen molar-refractivity contribution in [1.29, 1.82) is 5.41 Å². The van der Waals surface area contributed by atoms with Crippen LogP contribution in [0.4, 0.5) is 0 Å². The summed E-state index contributed by atoms with van der Waals surface area (Å²) in [5, 5.41) is 9.32. The summed E-state index contributed by atoms with van der Waals surface area (Å²) in [6.07, 6.45) is 2.86. The lowest BCUT2D eigenvalue weighted by atomic mass is 10.2. The molecule has 0 atom stereocenters. The number of amidine groups is 1. The van der Waals surface area contributed by atoms with E-state index in [2.05, 4.69) is 36.3 Å². The first-order valence-corrected chi connectivity index (χ1v) is 7.07. The third-order valence-corrected chi connectivity index (χ3v) is 3.67. The molecule has 0 saturated heterocycles. The second kappa shape index (κ2) is 7.45. The highest BCUT2D eigenvalue weighted by molar-refractivity contribution is 7.09. The summed E-state index contributed by atoms with van der Waals surface area (Å²) in [4.78, 5) is 3.90. The number of thiophene rings is 1. The van der Waals surface area contributed by atoms with Gasteiger partial charge in [-0.3, -0.25) is 10.3 Å². The predicted octanol–water partition coefficient (Wildman–Crippen LogP) is 3.06. The molecule has 1 aromatic rings. The molecule has 0 amide bonds. The number of unbranched alkanes of at least 4 members (excludes halogenated alkanes) is 1. The van der Waals surface area contributed by atoms with E-state index in [0.717, 1.165) is 32.4 Å². The van der Waals surface area contributed by atoms with Crippen molar-refractivity contribution in [2.75, 3.05) is 6.54 Å². The molecular weight excluding hydrogens is 230 g/mol. The van der Waals surface area contributed by atoms with Crippen LogP contribution in [-0.2, 0) is 6.54 Å². The predicted molar refractivity (Wildman–Crippen MR) is 75.6 cm³/mol. The number of rotatable bonds is 8. The number of nitrogens with two attached hydrogens (primary N) is 1. The molecule has 1 aromatic heterocycles. The maximum absolute atomic E-state index is 7.19. The van der Waals surface area contributed by atoms with E-state index in [1.54, 1.807) is 0 Å². The fraction of sp³-hybridized carbons (Fsp3) is 0.615. The van der Waals surface area contributed by atoms with Gasteiger partial charge in [0.15, 0.2) is 0 Å². The van der Waals surface area contributed by atoms with Crippen molar-refractivity contribution in [3.8, 4) is 0 Å². The van der Waals surface area contributed by atoms with Gasteiger partial charge in [0.05, 0.1) is 5.84 Å². The van der Waals surface area contributed by atoms with Crippen LogP contribution >= 0.6 is 11.3 Å². The van der Waals surface area contributed by atoms with Crippen LogP contribution in [0.25, 0.3) is 0 Å². The molecule has 0 radical (unpaired) electrons. The van der Waals surface area contributed by atoms with Gasteiger partial charge in [-0.25, -0.2) is 0 Å². The van der Waals surface area contributed by atoms with Crippen LogP contribution in [-0.4, -0.2) is 23.3 Å². The van der Waals surface area contributed by atoms with Crippen molar-refractivity contribution in [2.45, 2.75) is 45.7 Å². The van der Waals surface area contributed by atoms with E-state index in [9.17, 15) is 0 Å². The number of hydrogen-bond donors (Lipinski definition) is 2. The highest BCUT2D eigenvalue weighted by atomic mass is 32.1. The molecule has 3 nitrogen and oxygen atoms in total. The first kappa shape index (κ1) is 14.2. The van der Waals surface area contributed by atoms with E-state index in [4.69, 9.17) is 11.1 Å². The number of nitrogens with one attached hydrogen (secondary N) is 1. The van der Waals surface area contributed by atoms with Crippen LogP contribution in [0, 0.1) is 5.41 Å². The molecule has 0 aliphatic carbocycles.